The van der Waals surface area contributed by atoms with Crippen molar-refractivity contribution in [2.75, 3.05) is 0 Å². The van der Waals surface area contributed by atoms with Gasteiger partial charge >= 0.3 is 0 Å². The molecule has 90 valence electrons. The second-order valence-corrected chi connectivity index (χ2v) is 5.61. The Morgan fingerprint density at radius 1 is 1.38 bits per heavy atom. The summed E-state index contributed by atoms with van der Waals surface area (Å²) in [6.07, 6.45) is 0. The lowest BCUT2D eigenvalue weighted by molar-refractivity contribution is 0.285. The largest absolute Gasteiger partial charge is 0.310 e. The molecule has 0 bridgehead atoms. The first-order valence-corrected chi connectivity index (χ1v) is 5.86. The first-order chi connectivity index (χ1) is 7.30. The maximum atomic E-state index is 12.8. The molecule has 1 aromatic rings. The van der Waals surface area contributed by atoms with E-state index in [-0.39, 0.29) is 11.2 Å². The molecule has 16 heavy (non-hydrogen) atoms. The molecule has 0 aliphatic rings. The average Bonchev–Trinajstić information content (AvgIpc) is 2.14. The van der Waals surface area contributed by atoms with Gasteiger partial charge < -0.3 is 5.32 Å². The molecule has 3 heteroatoms. The van der Waals surface area contributed by atoms with Crippen molar-refractivity contribution < 1.29 is 4.39 Å². The quantitative estimate of drug-likeness (QED) is 0.846. The lowest BCUT2D eigenvalue weighted by Gasteiger charge is -2.28. The Labute approximate surface area is 102 Å². The van der Waals surface area contributed by atoms with Gasteiger partial charge in [0.15, 0.2) is 0 Å². The smallest absolute Gasteiger partial charge is 0.124 e. The zero-order valence-electron chi connectivity index (χ0n) is 10.3. The summed E-state index contributed by atoms with van der Waals surface area (Å²) >= 11 is 5.95. The fourth-order valence-corrected chi connectivity index (χ4v) is 1.47. The summed E-state index contributed by atoms with van der Waals surface area (Å²) in [5.74, 6) is -0.294. The molecular formula is C13H19ClFN. The molecule has 1 atom stereocenters. The van der Waals surface area contributed by atoms with E-state index in [1.165, 1.54) is 12.1 Å². The van der Waals surface area contributed by atoms with E-state index in [1.807, 2.05) is 0 Å². The number of halogens is 2. The zero-order chi connectivity index (χ0) is 12.3. The number of nitrogens with one attached hydrogen (secondary N) is 1. The predicted octanol–water partition coefficient (Wildman–Crippen LogP) is 4.00. The highest BCUT2D eigenvalue weighted by atomic mass is 35.5. The molecule has 0 fully saturated rings. The van der Waals surface area contributed by atoms with Crippen LogP contribution in [0.2, 0.25) is 5.02 Å². The van der Waals surface area contributed by atoms with Gasteiger partial charge in [-0.05, 0) is 30.0 Å². The highest BCUT2D eigenvalue weighted by molar-refractivity contribution is 6.31. The van der Waals surface area contributed by atoms with Gasteiger partial charge in [-0.15, -0.1) is 0 Å². The van der Waals surface area contributed by atoms with Crippen molar-refractivity contribution in [3.63, 3.8) is 0 Å². The van der Waals surface area contributed by atoms with Crippen LogP contribution in [0.4, 0.5) is 4.39 Å². The van der Waals surface area contributed by atoms with Crippen LogP contribution in [-0.2, 0) is 6.54 Å². The van der Waals surface area contributed by atoms with E-state index < -0.39 is 0 Å². The normalized spacial score (nSPS) is 13.9. The van der Waals surface area contributed by atoms with Gasteiger partial charge in [-0.2, -0.15) is 0 Å². The average molecular weight is 244 g/mol. The standard InChI is InChI=1S/C13H19ClFN/c1-9(13(2,3)4)16-8-10-5-6-11(15)7-12(10)14/h5-7,9,16H,8H2,1-4H3. The van der Waals surface area contributed by atoms with E-state index in [2.05, 4.69) is 33.0 Å². The Hall–Kier alpha value is -0.600. The molecule has 0 saturated heterocycles. The van der Waals surface area contributed by atoms with Crippen LogP contribution < -0.4 is 5.32 Å². The van der Waals surface area contributed by atoms with Crippen molar-refractivity contribution in [1.29, 1.82) is 0 Å². The maximum absolute atomic E-state index is 12.8. The molecule has 0 radical (unpaired) electrons. The molecule has 0 spiro atoms. The van der Waals surface area contributed by atoms with Crippen LogP contribution in [0, 0.1) is 11.2 Å². The summed E-state index contributed by atoms with van der Waals surface area (Å²) in [5, 5.41) is 3.87. The number of rotatable bonds is 3. The summed E-state index contributed by atoms with van der Waals surface area (Å²) in [5.41, 5.74) is 1.13. The highest BCUT2D eigenvalue weighted by Gasteiger charge is 2.19. The van der Waals surface area contributed by atoms with Gasteiger partial charge in [0.25, 0.3) is 0 Å². The molecule has 0 amide bonds. The molecule has 0 aromatic heterocycles. The van der Waals surface area contributed by atoms with Crippen LogP contribution in [0.15, 0.2) is 18.2 Å². The zero-order valence-corrected chi connectivity index (χ0v) is 11.0. The summed E-state index contributed by atoms with van der Waals surface area (Å²) in [6, 6.07) is 4.87. The van der Waals surface area contributed by atoms with Crippen LogP contribution in [0.25, 0.3) is 0 Å². The van der Waals surface area contributed by atoms with Gasteiger partial charge in [-0.25, -0.2) is 4.39 Å². The van der Waals surface area contributed by atoms with Crippen molar-refractivity contribution in [2.45, 2.75) is 40.3 Å². The van der Waals surface area contributed by atoms with E-state index in [4.69, 9.17) is 11.6 Å². The monoisotopic (exact) mass is 243 g/mol. The van der Waals surface area contributed by atoms with Crippen molar-refractivity contribution in [3.8, 4) is 0 Å². The third kappa shape index (κ3) is 3.76. The van der Waals surface area contributed by atoms with Crippen molar-refractivity contribution in [3.05, 3.63) is 34.6 Å². The van der Waals surface area contributed by atoms with E-state index >= 15 is 0 Å². The molecule has 1 nitrogen and oxygen atoms in total. The summed E-state index contributed by atoms with van der Waals surface area (Å²) in [6.45, 7) is 9.33. The molecule has 1 rings (SSSR count). The minimum absolute atomic E-state index is 0.201. The van der Waals surface area contributed by atoms with Gasteiger partial charge in [0.2, 0.25) is 0 Å². The first kappa shape index (κ1) is 13.5. The predicted molar refractivity (Wildman–Crippen MR) is 67.2 cm³/mol. The van der Waals surface area contributed by atoms with Gasteiger partial charge in [0.05, 0.1) is 0 Å². The third-order valence-electron chi connectivity index (χ3n) is 2.91. The van der Waals surface area contributed by atoms with E-state index in [0.29, 0.717) is 17.6 Å². The van der Waals surface area contributed by atoms with Crippen LogP contribution in [0.5, 0.6) is 0 Å². The molecule has 0 aliphatic carbocycles. The Morgan fingerprint density at radius 2 is 2.00 bits per heavy atom. The number of benzene rings is 1. The Balaban J connectivity index is 2.62. The van der Waals surface area contributed by atoms with Gasteiger partial charge in [-0.3, -0.25) is 0 Å². The minimum Gasteiger partial charge on any atom is -0.310 e. The van der Waals surface area contributed by atoms with Crippen LogP contribution in [0.1, 0.15) is 33.3 Å². The highest BCUT2D eigenvalue weighted by Crippen LogP contribution is 2.21. The molecule has 0 heterocycles. The lowest BCUT2D eigenvalue weighted by atomic mass is 9.88. The number of hydrogen-bond donors (Lipinski definition) is 1. The maximum Gasteiger partial charge on any atom is 0.124 e. The van der Waals surface area contributed by atoms with Gasteiger partial charge in [0, 0.05) is 17.6 Å². The Morgan fingerprint density at radius 3 is 2.50 bits per heavy atom. The third-order valence-corrected chi connectivity index (χ3v) is 3.26. The summed E-state index contributed by atoms with van der Waals surface area (Å²) in [4.78, 5) is 0. The molecule has 1 unspecified atom stereocenters. The van der Waals surface area contributed by atoms with E-state index in [9.17, 15) is 4.39 Å². The first-order valence-electron chi connectivity index (χ1n) is 5.48. The molecular weight excluding hydrogens is 225 g/mol. The Bertz CT molecular complexity index is 357. The molecule has 0 aliphatic heterocycles. The van der Waals surface area contributed by atoms with Gasteiger partial charge in [-0.1, -0.05) is 38.4 Å². The minimum atomic E-state index is -0.294. The Kier molecular flexibility index (Phi) is 4.34. The van der Waals surface area contributed by atoms with Crippen molar-refractivity contribution >= 4 is 11.6 Å². The summed E-state index contributed by atoms with van der Waals surface area (Å²) in [7, 11) is 0. The fourth-order valence-electron chi connectivity index (χ4n) is 1.23. The molecule has 0 saturated carbocycles. The SMILES string of the molecule is CC(NCc1ccc(F)cc1Cl)C(C)(C)C. The van der Waals surface area contributed by atoms with Crippen molar-refractivity contribution in [1.82, 2.24) is 5.32 Å². The van der Waals surface area contributed by atoms with Crippen LogP contribution in [-0.4, -0.2) is 6.04 Å². The molecule has 1 N–H and O–H groups in total. The van der Waals surface area contributed by atoms with Gasteiger partial charge in [0.1, 0.15) is 5.82 Å². The van der Waals surface area contributed by atoms with E-state index in [1.54, 1.807) is 6.07 Å². The summed E-state index contributed by atoms with van der Waals surface area (Å²) < 4.78 is 12.8. The lowest BCUT2D eigenvalue weighted by Crippen LogP contribution is -2.37. The molecule has 1 aromatic carbocycles. The fraction of sp³-hybridized carbons (Fsp3) is 0.538. The second kappa shape index (κ2) is 5.15. The van der Waals surface area contributed by atoms with Crippen LogP contribution >= 0.6 is 11.6 Å². The second-order valence-electron chi connectivity index (χ2n) is 5.20. The van der Waals surface area contributed by atoms with Crippen LogP contribution in [0.3, 0.4) is 0 Å². The number of hydrogen-bond acceptors (Lipinski definition) is 1. The topological polar surface area (TPSA) is 12.0 Å². The van der Waals surface area contributed by atoms with E-state index in [0.717, 1.165) is 5.56 Å². The van der Waals surface area contributed by atoms with Crippen molar-refractivity contribution in [2.24, 2.45) is 5.41 Å².